The molecular formula is C24H16F3N. The molecule has 1 aromatic heterocycles. The molecule has 0 unspecified atom stereocenters. The number of hydrogen-bond donors (Lipinski definition) is 0. The van der Waals surface area contributed by atoms with Gasteiger partial charge < -0.3 is 0 Å². The maximum atomic E-state index is 12.8. The van der Waals surface area contributed by atoms with E-state index in [0.29, 0.717) is 0 Å². The lowest BCUT2D eigenvalue weighted by molar-refractivity contribution is -0.137. The normalized spacial score (nSPS) is 11.4. The first kappa shape index (κ1) is 18.0. The van der Waals surface area contributed by atoms with E-state index in [0.717, 1.165) is 45.6 Å². The van der Waals surface area contributed by atoms with Gasteiger partial charge in [-0.15, -0.1) is 0 Å². The molecule has 0 amide bonds. The molecule has 4 aromatic rings. The second-order valence-electron chi connectivity index (χ2n) is 6.45. The smallest absolute Gasteiger partial charge is 0.256 e. The van der Waals surface area contributed by atoms with Gasteiger partial charge in [0.15, 0.2) is 0 Å². The molecule has 0 atom stereocenters. The van der Waals surface area contributed by atoms with Crippen molar-refractivity contribution in [2.24, 2.45) is 0 Å². The predicted octanol–water partition coefficient (Wildman–Crippen LogP) is 7.10. The Morgan fingerprint density at radius 3 is 1.68 bits per heavy atom. The number of nitrogens with zero attached hydrogens (tertiary/aromatic N) is 1. The van der Waals surface area contributed by atoms with Gasteiger partial charge in [-0.05, 0) is 58.7 Å². The molecule has 1 heterocycles. The van der Waals surface area contributed by atoms with Crippen LogP contribution in [-0.4, -0.2) is 4.98 Å². The van der Waals surface area contributed by atoms with Crippen molar-refractivity contribution in [1.82, 2.24) is 4.98 Å². The number of alkyl halides is 3. The van der Waals surface area contributed by atoms with Crippen molar-refractivity contribution < 1.29 is 13.2 Å². The zero-order valence-electron chi connectivity index (χ0n) is 14.8. The lowest BCUT2D eigenvalue weighted by Gasteiger charge is -2.10. The Labute approximate surface area is 161 Å². The molecular weight excluding hydrogens is 359 g/mol. The second kappa shape index (κ2) is 7.31. The largest absolute Gasteiger partial charge is 0.416 e. The topological polar surface area (TPSA) is 12.9 Å². The standard InChI is InChI=1S/C24H16F3N/c25-24(26,27)22-12-10-17(11-13-22)18-5-3-6-19(15-18)20-7-4-8-21(16-20)23-9-1-2-14-28-23/h1-16H. The maximum absolute atomic E-state index is 12.8. The van der Waals surface area contributed by atoms with E-state index >= 15 is 0 Å². The summed E-state index contributed by atoms with van der Waals surface area (Å²) in [5, 5.41) is 0. The van der Waals surface area contributed by atoms with Crippen LogP contribution >= 0.6 is 0 Å². The highest BCUT2D eigenvalue weighted by Crippen LogP contribution is 2.32. The molecule has 0 radical (unpaired) electrons. The van der Waals surface area contributed by atoms with E-state index in [1.165, 1.54) is 12.1 Å². The molecule has 138 valence electrons. The Balaban J connectivity index is 1.68. The van der Waals surface area contributed by atoms with E-state index in [2.05, 4.69) is 11.1 Å². The maximum Gasteiger partial charge on any atom is 0.416 e. The molecule has 1 nitrogen and oxygen atoms in total. The molecule has 0 aliphatic carbocycles. The lowest BCUT2D eigenvalue weighted by Crippen LogP contribution is -2.03. The van der Waals surface area contributed by atoms with Crippen LogP contribution in [0.1, 0.15) is 5.56 Å². The Kier molecular flexibility index (Phi) is 4.70. The average molecular weight is 375 g/mol. The third-order valence-corrected chi connectivity index (χ3v) is 4.56. The van der Waals surface area contributed by atoms with Crippen molar-refractivity contribution >= 4 is 0 Å². The Morgan fingerprint density at radius 2 is 1.11 bits per heavy atom. The van der Waals surface area contributed by atoms with Crippen LogP contribution in [0.3, 0.4) is 0 Å². The SMILES string of the molecule is FC(F)(F)c1ccc(-c2cccc(-c3cccc(-c4ccccn4)c3)c2)cc1. The van der Waals surface area contributed by atoms with Gasteiger partial charge in [0, 0.05) is 11.8 Å². The van der Waals surface area contributed by atoms with Gasteiger partial charge in [-0.3, -0.25) is 4.98 Å². The van der Waals surface area contributed by atoms with Crippen molar-refractivity contribution in [2.45, 2.75) is 6.18 Å². The van der Waals surface area contributed by atoms with Gasteiger partial charge in [-0.2, -0.15) is 13.2 Å². The van der Waals surface area contributed by atoms with Crippen molar-refractivity contribution in [3.8, 4) is 33.5 Å². The minimum absolute atomic E-state index is 0.643. The van der Waals surface area contributed by atoms with E-state index in [-0.39, 0.29) is 0 Å². The average Bonchev–Trinajstić information content (AvgIpc) is 2.74. The molecule has 28 heavy (non-hydrogen) atoms. The Morgan fingerprint density at radius 1 is 0.536 bits per heavy atom. The van der Waals surface area contributed by atoms with Crippen LogP contribution in [0.25, 0.3) is 33.5 Å². The highest BCUT2D eigenvalue weighted by Gasteiger charge is 2.29. The fourth-order valence-electron chi connectivity index (χ4n) is 3.12. The van der Waals surface area contributed by atoms with Gasteiger partial charge in [-0.25, -0.2) is 0 Å². The van der Waals surface area contributed by atoms with Gasteiger partial charge in [0.1, 0.15) is 0 Å². The molecule has 0 bridgehead atoms. The van der Waals surface area contributed by atoms with Crippen molar-refractivity contribution in [3.05, 3.63) is 103 Å². The fraction of sp³-hybridized carbons (Fsp3) is 0.0417. The summed E-state index contributed by atoms with van der Waals surface area (Å²) in [6.07, 6.45) is -2.57. The summed E-state index contributed by atoms with van der Waals surface area (Å²) in [5.74, 6) is 0. The summed E-state index contributed by atoms with van der Waals surface area (Å²) in [4.78, 5) is 4.39. The van der Waals surface area contributed by atoms with E-state index in [1.807, 2.05) is 60.7 Å². The van der Waals surface area contributed by atoms with E-state index < -0.39 is 11.7 Å². The first-order chi connectivity index (χ1) is 13.5. The molecule has 0 spiro atoms. The minimum Gasteiger partial charge on any atom is -0.256 e. The summed E-state index contributed by atoms with van der Waals surface area (Å²) in [6.45, 7) is 0. The molecule has 0 N–H and O–H groups in total. The van der Waals surface area contributed by atoms with Gasteiger partial charge in [0.2, 0.25) is 0 Å². The van der Waals surface area contributed by atoms with E-state index in [4.69, 9.17) is 0 Å². The predicted molar refractivity (Wildman–Crippen MR) is 106 cm³/mol. The monoisotopic (exact) mass is 375 g/mol. The number of hydrogen-bond acceptors (Lipinski definition) is 1. The molecule has 3 aromatic carbocycles. The van der Waals surface area contributed by atoms with Crippen LogP contribution in [0.5, 0.6) is 0 Å². The van der Waals surface area contributed by atoms with Crippen LogP contribution in [0.2, 0.25) is 0 Å². The van der Waals surface area contributed by atoms with E-state index in [1.54, 1.807) is 6.20 Å². The molecule has 0 saturated heterocycles. The van der Waals surface area contributed by atoms with Crippen LogP contribution in [-0.2, 0) is 6.18 Å². The van der Waals surface area contributed by atoms with E-state index in [9.17, 15) is 13.2 Å². The Hall–Kier alpha value is -3.40. The highest BCUT2D eigenvalue weighted by atomic mass is 19.4. The van der Waals surface area contributed by atoms with Crippen molar-refractivity contribution in [1.29, 1.82) is 0 Å². The number of rotatable bonds is 3. The van der Waals surface area contributed by atoms with Crippen molar-refractivity contribution in [3.63, 3.8) is 0 Å². The van der Waals surface area contributed by atoms with Crippen LogP contribution < -0.4 is 0 Å². The quantitative estimate of drug-likeness (QED) is 0.372. The zero-order valence-corrected chi connectivity index (χ0v) is 14.8. The van der Waals surface area contributed by atoms with Gasteiger partial charge in [-0.1, -0.05) is 54.6 Å². The highest BCUT2D eigenvalue weighted by molar-refractivity contribution is 5.76. The molecule has 4 rings (SSSR count). The number of pyridine rings is 1. The summed E-state index contributed by atoms with van der Waals surface area (Å²) >= 11 is 0. The van der Waals surface area contributed by atoms with Gasteiger partial charge in [0.05, 0.1) is 11.3 Å². The summed E-state index contributed by atoms with van der Waals surface area (Å²) in [5.41, 5.74) is 4.90. The number of aromatic nitrogens is 1. The van der Waals surface area contributed by atoms with Gasteiger partial charge in [0.25, 0.3) is 0 Å². The molecule has 0 aliphatic heterocycles. The lowest BCUT2D eigenvalue weighted by atomic mass is 9.97. The fourth-order valence-corrected chi connectivity index (χ4v) is 3.12. The van der Waals surface area contributed by atoms with Crippen LogP contribution in [0.4, 0.5) is 13.2 Å². The summed E-state index contributed by atoms with van der Waals surface area (Å²) < 4.78 is 38.3. The Bertz CT molecular complexity index is 1080. The molecule has 0 saturated carbocycles. The van der Waals surface area contributed by atoms with Crippen molar-refractivity contribution in [2.75, 3.05) is 0 Å². The summed E-state index contributed by atoms with van der Waals surface area (Å²) in [6, 6.07) is 26.9. The molecule has 0 aliphatic rings. The third-order valence-electron chi connectivity index (χ3n) is 4.56. The minimum atomic E-state index is -4.33. The van der Waals surface area contributed by atoms with Gasteiger partial charge >= 0.3 is 6.18 Å². The van der Waals surface area contributed by atoms with Crippen LogP contribution in [0.15, 0.2) is 97.2 Å². The van der Waals surface area contributed by atoms with Crippen LogP contribution in [0, 0.1) is 0 Å². The first-order valence-electron chi connectivity index (χ1n) is 8.80. The summed E-state index contributed by atoms with van der Waals surface area (Å²) in [7, 11) is 0. The molecule has 4 heteroatoms. The molecule has 0 fully saturated rings. The zero-order chi connectivity index (χ0) is 19.6. The second-order valence-corrected chi connectivity index (χ2v) is 6.45. The first-order valence-corrected chi connectivity index (χ1v) is 8.80. The number of benzene rings is 3. The third kappa shape index (κ3) is 3.81. The number of halogens is 3.